The van der Waals surface area contributed by atoms with Crippen LogP contribution in [0.5, 0.6) is 0 Å². The van der Waals surface area contributed by atoms with Crippen LogP contribution in [0, 0.1) is 0 Å². The van der Waals surface area contributed by atoms with E-state index >= 15 is 0 Å². The Labute approximate surface area is 139 Å². The highest BCUT2D eigenvalue weighted by Crippen LogP contribution is 2.34. The first-order valence-electron chi connectivity index (χ1n) is 9.27. The maximum Gasteiger partial charge on any atom is 0.112 e. The largest absolute Gasteiger partial charge is 0.353 e. The number of nitrogens with zero attached hydrogens (tertiary/aromatic N) is 1. The van der Waals surface area contributed by atoms with Crippen LogP contribution in [0.4, 0.5) is 0 Å². The van der Waals surface area contributed by atoms with Gasteiger partial charge < -0.3 is 14.3 Å². The maximum atomic E-state index is 9.33. The Kier molecular flexibility index (Phi) is 12.7. The normalized spacial score (nSPS) is 12.8. The Balaban J connectivity index is 3.43. The lowest BCUT2D eigenvalue weighted by molar-refractivity contribution is -0.890. The summed E-state index contributed by atoms with van der Waals surface area (Å²) in [6.45, 7) is 4.47. The van der Waals surface area contributed by atoms with E-state index < -0.39 is 7.34 Å². The van der Waals surface area contributed by atoms with Gasteiger partial charge in [-0.3, -0.25) is 0 Å². The van der Waals surface area contributed by atoms with Gasteiger partial charge in [-0.15, -0.1) is 0 Å². The van der Waals surface area contributed by atoms with Gasteiger partial charge in [-0.05, 0) is 12.8 Å². The maximum absolute atomic E-state index is 9.33. The molecule has 0 rings (SSSR count). The minimum Gasteiger partial charge on any atom is -0.353 e. The van der Waals surface area contributed by atoms with E-state index in [4.69, 9.17) is 0 Å². The molecule has 0 spiro atoms. The fourth-order valence-corrected chi connectivity index (χ4v) is 3.54. The zero-order valence-electron chi connectivity index (χ0n) is 15.4. The van der Waals surface area contributed by atoms with Crippen LogP contribution in [0.1, 0.15) is 77.6 Å². The van der Waals surface area contributed by atoms with Crippen molar-refractivity contribution in [3.63, 3.8) is 0 Å². The lowest BCUT2D eigenvalue weighted by Gasteiger charge is -2.30. The third kappa shape index (κ3) is 16.5. The summed E-state index contributed by atoms with van der Waals surface area (Å²) in [5.74, 6) is 0. The number of quaternary nitrogens is 1. The number of rotatable bonds is 15. The van der Waals surface area contributed by atoms with Gasteiger partial charge in [0.2, 0.25) is 0 Å². The molecule has 0 aromatic heterocycles. The molecule has 0 bridgehead atoms. The average molecular weight is 335 g/mol. The predicted molar refractivity (Wildman–Crippen MR) is 102 cm³/mol. The molecule has 0 saturated carbocycles. The van der Waals surface area contributed by atoms with E-state index in [9.17, 15) is 9.79 Å². The summed E-state index contributed by atoms with van der Waals surface area (Å²) >= 11 is 0. The van der Waals surface area contributed by atoms with Crippen molar-refractivity contribution in [2.75, 3.05) is 33.3 Å². The van der Waals surface area contributed by atoms with Crippen LogP contribution in [-0.2, 0) is 0 Å². The molecule has 0 aliphatic heterocycles. The van der Waals surface area contributed by atoms with E-state index in [0.29, 0.717) is 6.16 Å². The van der Waals surface area contributed by atoms with Crippen LogP contribution < -0.4 is 0 Å². The Hall–Kier alpha value is 0.180. The molecule has 22 heavy (non-hydrogen) atoms. The summed E-state index contributed by atoms with van der Waals surface area (Å²) in [5.41, 5.74) is 0. The first kappa shape index (κ1) is 22.2. The van der Waals surface area contributed by atoms with Gasteiger partial charge in [0.25, 0.3) is 0 Å². The van der Waals surface area contributed by atoms with Crippen molar-refractivity contribution in [3.8, 4) is 0 Å². The van der Waals surface area contributed by atoms with Gasteiger partial charge >= 0.3 is 0 Å². The van der Waals surface area contributed by atoms with Crippen LogP contribution >= 0.6 is 7.34 Å². The molecular formula is C18H41NO2P+. The lowest BCUT2D eigenvalue weighted by Crippen LogP contribution is -2.41. The second kappa shape index (κ2) is 12.6. The van der Waals surface area contributed by atoms with Crippen LogP contribution in [-0.4, -0.2) is 53.9 Å². The summed E-state index contributed by atoms with van der Waals surface area (Å²) in [7, 11) is 1.67. The van der Waals surface area contributed by atoms with Crippen LogP contribution in [0.2, 0.25) is 0 Å². The van der Waals surface area contributed by atoms with Crippen LogP contribution in [0.15, 0.2) is 0 Å². The molecule has 134 valence electrons. The summed E-state index contributed by atoms with van der Waals surface area (Å²) < 4.78 is 0.983. The summed E-state index contributed by atoms with van der Waals surface area (Å²) in [6.07, 6.45) is 18.5. The molecule has 2 N–H and O–H groups in total. The van der Waals surface area contributed by atoms with Crippen molar-refractivity contribution in [3.05, 3.63) is 0 Å². The molecule has 0 aliphatic carbocycles. The minimum atomic E-state index is -2.82. The fraction of sp³-hybridized carbons (Fsp3) is 0.944. The fourth-order valence-electron chi connectivity index (χ4n) is 2.89. The van der Waals surface area contributed by atoms with Gasteiger partial charge in [0.1, 0.15) is 7.34 Å². The molecule has 3 nitrogen and oxygen atoms in total. The van der Waals surface area contributed by atoms with Crippen molar-refractivity contribution < 1.29 is 14.3 Å². The zero-order chi connectivity index (χ0) is 16.9. The summed E-state index contributed by atoms with van der Waals surface area (Å²) in [6, 6.07) is 0. The highest BCUT2D eigenvalue weighted by molar-refractivity contribution is 7.62. The Morgan fingerprint density at radius 3 is 1.59 bits per heavy atom. The predicted octanol–water partition coefficient (Wildman–Crippen LogP) is 4.64. The molecule has 0 amide bonds. The number of hydrogen-bond donors (Lipinski definition) is 2. The molecule has 0 heterocycles. The highest BCUT2D eigenvalue weighted by atomic mass is 31.2. The third-order valence-corrected chi connectivity index (χ3v) is 5.43. The van der Waals surface area contributed by atoms with E-state index in [1.54, 1.807) is 0 Å². The molecule has 0 aromatic rings. The molecular weight excluding hydrogens is 293 g/mol. The van der Waals surface area contributed by atoms with E-state index in [1.165, 1.54) is 70.8 Å². The smallest absolute Gasteiger partial charge is 0.112 e. The van der Waals surface area contributed by atoms with Crippen molar-refractivity contribution in [2.24, 2.45) is 0 Å². The third-order valence-electron chi connectivity index (χ3n) is 4.40. The topological polar surface area (TPSA) is 40.5 Å². The molecule has 0 unspecified atom stereocenters. The SMILES string of the molecule is C=P(O)(O)CCC[N+](C)(C)CCCCCCCCCCCC. The van der Waals surface area contributed by atoms with Crippen molar-refractivity contribution in [1.29, 1.82) is 0 Å². The van der Waals surface area contributed by atoms with Gasteiger partial charge in [0.05, 0.1) is 27.2 Å². The Morgan fingerprint density at radius 2 is 1.14 bits per heavy atom. The molecule has 0 saturated heterocycles. The van der Waals surface area contributed by atoms with E-state index in [0.717, 1.165) is 17.4 Å². The van der Waals surface area contributed by atoms with E-state index in [1.807, 2.05) is 0 Å². The van der Waals surface area contributed by atoms with Crippen molar-refractivity contribution in [1.82, 2.24) is 0 Å². The number of hydrogen-bond acceptors (Lipinski definition) is 2. The van der Waals surface area contributed by atoms with Crippen LogP contribution in [0.25, 0.3) is 0 Å². The second-order valence-electron chi connectivity index (χ2n) is 7.52. The summed E-state index contributed by atoms with van der Waals surface area (Å²) in [5, 5.41) is 0. The Morgan fingerprint density at radius 1 is 0.727 bits per heavy atom. The van der Waals surface area contributed by atoms with E-state index in [2.05, 4.69) is 27.3 Å². The van der Waals surface area contributed by atoms with Gasteiger partial charge in [0.15, 0.2) is 0 Å². The molecule has 0 aromatic carbocycles. The molecule has 4 heteroatoms. The first-order valence-corrected chi connectivity index (χ1v) is 11.3. The van der Waals surface area contributed by atoms with E-state index in [-0.39, 0.29) is 0 Å². The second-order valence-corrected chi connectivity index (χ2v) is 9.73. The lowest BCUT2D eigenvalue weighted by atomic mass is 10.1. The first-order chi connectivity index (χ1) is 10.3. The van der Waals surface area contributed by atoms with Gasteiger partial charge in [-0.25, -0.2) is 0 Å². The zero-order valence-corrected chi connectivity index (χ0v) is 16.3. The summed E-state index contributed by atoms with van der Waals surface area (Å²) in [4.78, 5) is 18.7. The van der Waals surface area contributed by atoms with Gasteiger partial charge in [0, 0.05) is 12.6 Å². The quantitative estimate of drug-likeness (QED) is 0.260. The monoisotopic (exact) mass is 334 g/mol. The molecule has 0 aliphatic rings. The Bertz CT molecular complexity index is 299. The van der Waals surface area contributed by atoms with Gasteiger partial charge in [-0.1, -0.05) is 64.6 Å². The van der Waals surface area contributed by atoms with Gasteiger partial charge in [-0.2, -0.15) is 0 Å². The van der Waals surface area contributed by atoms with Crippen molar-refractivity contribution >= 4 is 13.6 Å². The average Bonchev–Trinajstić information content (AvgIpc) is 2.39. The highest BCUT2D eigenvalue weighted by Gasteiger charge is 2.15. The van der Waals surface area contributed by atoms with Crippen molar-refractivity contribution in [2.45, 2.75) is 77.6 Å². The minimum absolute atomic E-state index is 0.465. The number of unbranched alkanes of at least 4 members (excludes halogenated alkanes) is 9. The standard InChI is InChI=1S/C18H41NO2P/c1-5-6-7-8-9-10-11-12-13-14-16-19(2,3)17-15-18-22(4,20)21/h20-21H,4-18H2,1-3H3/q+1. The molecule has 0 radical (unpaired) electrons. The molecule has 0 atom stereocenters. The van der Waals surface area contributed by atoms with Crippen LogP contribution in [0.3, 0.4) is 0 Å². The molecule has 0 fully saturated rings.